The summed E-state index contributed by atoms with van der Waals surface area (Å²) in [6.45, 7) is -2.87. The van der Waals surface area contributed by atoms with Crippen LogP contribution in [0.5, 0.6) is 5.75 Å². The SMILES string of the molecule is N#Cc1ccc(Cl)cc1NC(=S)Nc1ccc(OC(F)F)cc1. The summed E-state index contributed by atoms with van der Waals surface area (Å²) in [5.74, 6) is 0.0473. The standard InChI is InChI=1S/C15H10ClF2N3OS/c16-10-2-1-9(8-19)13(7-10)21-15(23)20-11-3-5-12(6-4-11)22-14(17)18/h1-7,14H,(H2,20,21,23). The maximum absolute atomic E-state index is 12.1. The average Bonchev–Trinajstić information content (AvgIpc) is 2.49. The van der Waals surface area contributed by atoms with E-state index in [1.165, 1.54) is 24.3 Å². The molecule has 2 aromatic rings. The Balaban J connectivity index is 2.03. The van der Waals surface area contributed by atoms with Gasteiger partial charge in [-0.25, -0.2) is 0 Å². The number of hydrogen-bond donors (Lipinski definition) is 2. The van der Waals surface area contributed by atoms with Crippen molar-refractivity contribution >= 4 is 40.3 Å². The smallest absolute Gasteiger partial charge is 0.387 e. The minimum atomic E-state index is -2.87. The highest BCUT2D eigenvalue weighted by atomic mass is 35.5. The number of rotatable bonds is 4. The van der Waals surface area contributed by atoms with Crippen molar-refractivity contribution in [2.24, 2.45) is 0 Å². The minimum absolute atomic E-state index is 0.0473. The number of alkyl halides is 2. The largest absolute Gasteiger partial charge is 0.435 e. The summed E-state index contributed by atoms with van der Waals surface area (Å²) in [7, 11) is 0. The molecule has 0 aliphatic rings. The van der Waals surface area contributed by atoms with Crippen molar-refractivity contribution in [2.75, 3.05) is 10.6 Å². The summed E-state index contributed by atoms with van der Waals surface area (Å²) in [5.41, 5.74) is 1.43. The highest BCUT2D eigenvalue weighted by Gasteiger charge is 2.07. The summed E-state index contributed by atoms with van der Waals surface area (Å²) in [4.78, 5) is 0. The normalized spacial score (nSPS) is 10.0. The molecule has 0 radical (unpaired) electrons. The zero-order valence-corrected chi connectivity index (χ0v) is 13.1. The van der Waals surface area contributed by atoms with Gasteiger partial charge in [0.25, 0.3) is 0 Å². The lowest BCUT2D eigenvalue weighted by Gasteiger charge is -2.12. The van der Waals surface area contributed by atoms with Crippen molar-refractivity contribution in [3.05, 3.63) is 53.1 Å². The molecular formula is C15H10ClF2N3OS. The van der Waals surface area contributed by atoms with Crippen molar-refractivity contribution < 1.29 is 13.5 Å². The fraction of sp³-hybridized carbons (Fsp3) is 0.0667. The molecule has 0 atom stereocenters. The van der Waals surface area contributed by atoms with Gasteiger partial charge in [-0.2, -0.15) is 14.0 Å². The van der Waals surface area contributed by atoms with E-state index in [9.17, 15) is 8.78 Å². The molecule has 2 N–H and O–H groups in total. The van der Waals surface area contributed by atoms with Crippen molar-refractivity contribution in [3.8, 4) is 11.8 Å². The van der Waals surface area contributed by atoms with E-state index in [2.05, 4.69) is 15.4 Å². The van der Waals surface area contributed by atoms with Gasteiger partial charge < -0.3 is 15.4 Å². The molecule has 118 valence electrons. The molecule has 0 bridgehead atoms. The van der Waals surface area contributed by atoms with Crippen molar-refractivity contribution in [1.82, 2.24) is 0 Å². The fourth-order valence-electron chi connectivity index (χ4n) is 1.72. The van der Waals surface area contributed by atoms with Gasteiger partial charge in [0.1, 0.15) is 11.8 Å². The second kappa shape index (κ2) is 7.72. The van der Waals surface area contributed by atoms with E-state index in [0.717, 1.165) is 0 Å². The number of ether oxygens (including phenoxy) is 1. The Morgan fingerprint density at radius 2 is 1.87 bits per heavy atom. The van der Waals surface area contributed by atoms with Crippen LogP contribution in [0, 0.1) is 11.3 Å². The van der Waals surface area contributed by atoms with Crippen LogP contribution in [-0.4, -0.2) is 11.7 Å². The molecule has 0 heterocycles. The maximum atomic E-state index is 12.1. The van der Waals surface area contributed by atoms with Crippen LogP contribution in [0.4, 0.5) is 20.2 Å². The Morgan fingerprint density at radius 1 is 1.17 bits per heavy atom. The van der Waals surface area contributed by atoms with Crippen LogP contribution in [0.2, 0.25) is 5.02 Å². The first-order chi connectivity index (χ1) is 11.0. The number of benzene rings is 2. The Morgan fingerprint density at radius 3 is 2.48 bits per heavy atom. The third-order valence-electron chi connectivity index (χ3n) is 2.69. The predicted molar refractivity (Wildman–Crippen MR) is 89.1 cm³/mol. The average molecular weight is 354 g/mol. The lowest BCUT2D eigenvalue weighted by atomic mass is 10.2. The number of hydrogen-bond acceptors (Lipinski definition) is 3. The van der Waals surface area contributed by atoms with Crippen LogP contribution in [-0.2, 0) is 0 Å². The van der Waals surface area contributed by atoms with E-state index >= 15 is 0 Å². The molecule has 0 aliphatic carbocycles. The van der Waals surface area contributed by atoms with Gasteiger partial charge in [0.15, 0.2) is 5.11 Å². The first-order valence-electron chi connectivity index (χ1n) is 6.30. The molecule has 0 fully saturated rings. The van der Waals surface area contributed by atoms with Crippen LogP contribution in [0.25, 0.3) is 0 Å². The topological polar surface area (TPSA) is 57.1 Å². The van der Waals surface area contributed by atoms with Crippen molar-refractivity contribution in [1.29, 1.82) is 5.26 Å². The number of thiocarbonyl (C=S) groups is 1. The first-order valence-corrected chi connectivity index (χ1v) is 7.09. The van der Waals surface area contributed by atoms with Crippen LogP contribution in [0.1, 0.15) is 5.56 Å². The maximum Gasteiger partial charge on any atom is 0.387 e. The van der Waals surface area contributed by atoms with E-state index in [4.69, 9.17) is 29.1 Å². The molecule has 2 aromatic carbocycles. The minimum Gasteiger partial charge on any atom is -0.435 e. The van der Waals surface area contributed by atoms with E-state index in [-0.39, 0.29) is 10.9 Å². The van der Waals surface area contributed by atoms with Gasteiger partial charge in [-0.3, -0.25) is 0 Å². The molecule has 4 nitrogen and oxygen atoms in total. The van der Waals surface area contributed by atoms with Gasteiger partial charge in [-0.15, -0.1) is 0 Å². The predicted octanol–water partition coefficient (Wildman–Crippen LogP) is 4.62. The molecule has 0 aliphatic heterocycles. The number of anilines is 2. The highest BCUT2D eigenvalue weighted by Crippen LogP contribution is 2.21. The van der Waals surface area contributed by atoms with Gasteiger partial charge in [0.05, 0.1) is 11.3 Å². The lowest BCUT2D eigenvalue weighted by molar-refractivity contribution is -0.0498. The van der Waals surface area contributed by atoms with E-state index < -0.39 is 6.61 Å². The van der Waals surface area contributed by atoms with Gasteiger partial charge in [-0.05, 0) is 54.7 Å². The second-order valence-electron chi connectivity index (χ2n) is 4.28. The third kappa shape index (κ3) is 5.06. The van der Waals surface area contributed by atoms with Crippen LogP contribution in [0.3, 0.4) is 0 Å². The number of nitrogens with zero attached hydrogens (tertiary/aromatic N) is 1. The zero-order chi connectivity index (χ0) is 16.8. The van der Waals surface area contributed by atoms with Crippen LogP contribution >= 0.6 is 23.8 Å². The Labute approximate surface area is 141 Å². The van der Waals surface area contributed by atoms with E-state index in [1.54, 1.807) is 18.2 Å². The summed E-state index contributed by atoms with van der Waals surface area (Å²) in [5, 5.41) is 15.5. The van der Waals surface area contributed by atoms with Crippen LogP contribution in [0.15, 0.2) is 42.5 Å². The lowest BCUT2D eigenvalue weighted by Crippen LogP contribution is -2.19. The number of halogens is 3. The van der Waals surface area contributed by atoms with Crippen LogP contribution < -0.4 is 15.4 Å². The summed E-state index contributed by atoms with van der Waals surface area (Å²) >= 11 is 11.0. The van der Waals surface area contributed by atoms with E-state index in [0.29, 0.717) is 22.0 Å². The Hall–Kier alpha value is -2.43. The summed E-state index contributed by atoms with van der Waals surface area (Å²) in [6, 6.07) is 12.6. The summed E-state index contributed by atoms with van der Waals surface area (Å²) < 4.78 is 28.4. The summed E-state index contributed by atoms with van der Waals surface area (Å²) in [6.07, 6.45) is 0. The van der Waals surface area contributed by atoms with Crippen molar-refractivity contribution in [2.45, 2.75) is 6.61 Å². The van der Waals surface area contributed by atoms with Gasteiger partial charge in [-0.1, -0.05) is 11.6 Å². The number of nitriles is 1. The number of nitrogens with one attached hydrogen (secondary N) is 2. The quantitative estimate of drug-likeness (QED) is 0.785. The van der Waals surface area contributed by atoms with Crippen molar-refractivity contribution in [3.63, 3.8) is 0 Å². The zero-order valence-electron chi connectivity index (χ0n) is 11.5. The molecular weight excluding hydrogens is 344 g/mol. The van der Waals surface area contributed by atoms with Gasteiger partial charge >= 0.3 is 6.61 Å². The molecule has 0 saturated carbocycles. The Bertz CT molecular complexity index is 747. The third-order valence-corrected chi connectivity index (χ3v) is 3.13. The first kappa shape index (κ1) is 16.9. The van der Waals surface area contributed by atoms with Gasteiger partial charge in [0.2, 0.25) is 0 Å². The molecule has 0 aromatic heterocycles. The van der Waals surface area contributed by atoms with E-state index in [1.807, 2.05) is 6.07 Å². The van der Waals surface area contributed by atoms with Gasteiger partial charge in [0, 0.05) is 10.7 Å². The monoisotopic (exact) mass is 353 g/mol. The molecule has 8 heteroatoms. The highest BCUT2D eigenvalue weighted by molar-refractivity contribution is 7.80. The molecule has 0 saturated heterocycles. The molecule has 0 unspecified atom stereocenters. The fourth-order valence-corrected chi connectivity index (χ4v) is 2.12. The second-order valence-corrected chi connectivity index (χ2v) is 5.13. The molecule has 23 heavy (non-hydrogen) atoms. The molecule has 0 amide bonds. The molecule has 2 rings (SSSR count). The Kier molecular flexibility index (Phi) is 5.68. The molecule has 0 spiro atoms.